The monoisotopic (exact) mass is 251 g/mol. The van der Waals surface area contributed by atoms with Gasteiger partial charge in [0.05, 0.1) is 0 Å². The predicted molar refractivity (Wildman–Crippen MR) is 55.5 cm³/mol. The van der Waals surface area contributed by atoms with Crippen LogP contribution >= 0.6 is 24.0 Å². The highest BCUT2D eigenvalue weighted by atomic mass is 127. The Morgan fingerprint density at radius 1 is 1.50 bits per heavy atom. The lowest BCUT2D eigenvalue weighted by molar-refractivity contribution is 0.513. The molecule has 58 valence electrons. The van der Waals surface area contributed by atoms with Gasteiger partial charge in [-0.05, 0) is 12.8 Å². The van der Waals surface area contributed by atoms with Gasteiger partial charge in [-0.1, -0.05) is 31.2 Å². The molecule has 0 bridgehead atoms. The zero-order chi connectivity index (χ0) is 6.74. The van der Waals surface area contributed by atoms with E-state index in [2.05, 4.69) is 19.1 Å². The topological polar surface area (TPSA) is 26.0 Å². The van der Waals surface area contributed by atoms with E-state index in [4.69, 9.17) is 5.73 Å². The van der Waals surface area contributed by atoms with E-state index in [1.807, 2.05) is 12.2 Å². The van der Waals surface area contributed by atoms with Crippen LogP contribution in [0.15, 0.2) is 24.3 Å². The van der Waals surface area contributed by atoms with Crippen molar-refractivity contribution in [3.8, 4) is 0 Å². The van der Waals surface area contributed by atoms with E-state index in [0.29, 0.717) is 0 Å². The van der Waals surface area contributed by atoms with Crippen LogP contribution in [0.25, 0.3) is 0 Å². The molecule has 1 aliphatic carbocycles. The van der Waals surface area contributed by atoms with E-state index in [9.17, 15) is 0 Å². The highest BCUT2D eigenvalue weighted by molar-refractivity contribution is 14.0. The van der Waals surface area contributed by atoms with Gasteiger partial charge in [-0.2, -0.15) is 0 Å². The van der Waals surface area contributed by atoms with E-state index in [1.54, 1.807) is 0 Å². The van der Waals surface area contributed by atoms with Gasteiger partial charge < -0.3 is 5.73 Å². The average Bonchev–Trinajstić information content (AvgIpc) is 1.90. The average molecular weight is 251 g/mol. The smallest absolute Gasteiger partial charge is 0.0374 e. The predicted octanol–water partition coefficient (Wildman–Crippen LogP) is 2.23. The van der Waals surface area contributed by atoms with Crippen molar-refractivity contribution in [2.24, 2.45) is 5.73 Å². The molecular weight excluding hydrogens is 237 g/mol. The summed E-state index contributed by atoms with van der Waals surface area (Å²) in [5, 5.41) is 0. The number of rotatable bonds is 1. The summed E-state index contributed by atoms with van der Waals surface area (Å²) in [5.74, 6) is 0. The van der Waals surface area contributed by atoms with E-state index in [1.165, 1.54) is 0 Å². The Morgan fingerprint density at radius 3 is 2.50 bits per heavy atom. The molecule has 0 heterocycles. The van der Waals surface area contributed by atoms with E-state index in [0.717, 1.165) is 12.8 Å². The Labute approximate surface area is 79.4 Å². The number of nitrogens with two attached hydrogens (primary N) is 1. The Bertz CT molecular complexity index is 151. The first kappa shape index (κ1) is 10.2. The Kier molecular flexibility index (Phi) is 4.20. The van der Waals surface area contributed by atoms with Crippen LogP contribution in [0.5, 0.6) is 0 Å². The Hall–Kier alpha value is 0.170. The third-order valence-corrected chi connectivity index (χ3v) is 1.83. The standard InChI is InChI=1S/C8H13N.HI/c1-2-8(9)6-4-3-5-7-8;/h3-6H,2,7,9H2,1H3;1H. The van der Waals surface area contributed by atoms with Gasteiger partial charge in [0.2, 0.25) is 0 Å². The fourth-order valence-corrected chi connectivity index (χ4v) is 0.943. The van der Waals surface area contributed by atoms with Gasteiger partial charge in [0.1, 0.15) is 0 Å². The SMILES string of the molecule is CCC1(N)C=CC=CC1.I. The van der Waals surface area contributed by atoms with E-state index < -0.39 is 0 Å². The summed E-state index contributed by atoms with van der Waals surface area (Å²) in [6.07, 6.45) is 10.3. The summed E-state index contributed by atoms with van der Waals surface area (Å²) in [6, 6.07) is 0. The normalized spacial score (nSPS) is 29.8. The van der Waals surface area contributed by atoms with Crippen LogP contribution in [-0.2, 0) is 0 Å². The van der Waals surface area contributed by atoms with Crippen LogP contribution in [-0.4, -0.2) is 5.54 Å². The first-order valence-electron chi connectivity index (χ1n) is 3.40. The molecule has 1 atom stereocenters. The van der Waals surface area contributed by atoms with Gasteiger partial charge in [0.15, 0.2) is 0 Å². The van der Waals surface area contributed by atoms with Gasteiger partial charge in [0, 0.05) is 5.54 Å². The summed E-state index contributed by atoms with van der Waals surface area (Å²) >= 11 is 0. The summed E-state index contributed by atoms with van der Waals surface area (Å²) in [7, 11) is 0. The maximum Gasteiger partial charge on any atom is 0.0374 e. The molecule has 0 aromatic rings. The molecule has 2 N–H and O–H groups in total. The molecule has 2 heteroatoms. The molecule has 1 rings (SSSR count). The fraction of sp³-hybridized carbons (Fsp3) is 0.500. The zero-order valence-corrected chi connectivity index (χ0v) is 8.54. The summed E-state index contributed by atoms with van der Waals surface area (Å²) < 4.78 is 0. The van der Waals surface area contributed by atoms with Gasteiger partial charge in [-0.15, -0.1) is 24.0 Å². The molecule has 0 spiro atoms. The lowest BCUT2D eigenvalue weighted by atomic mass is 9.90. The highest BCUT2D eigenvalue weighted by Gasteiger charge is 2.17. The molecular formula is C8H14IN. The molecule has 1 nitrogen and oxygen atoms in total. The summed E-state index contributed by atoms with van der Waals surface area (Å²) in [4.78, 5) is 0. The van der Waals surface area contributed by atoms with Gasteiger partial charge in [-0.3, -0.25) is 0 Å². The lowest BCUT2D eigenvalue weighted by Gasteiger charge is -2.23. The second kappa shape index (κ2) is 4.13. The molecule has 0 aromatic carbocycles. The first-order chi connectivity index (χ1) is 4.27. The molecule has 0 aromatic heterocycles. The second-order valence-corrected chi connectivity index (χ2v) is 2.58. The summed E-state index contributed by atoms with van der Waals surface area (Å²) in [5.41, 5.74) is 5.87. The van der Waals surface area contributed by atoms with E-state index in [-0.39, 0.29) is 29.5 Å². The highest BCUT2D eigenvalue weighted by Crippen LogP contribution is 2.17. The molecule has 1 aliphatic rings. The minimum absolute atomic E-state index is 0. The number of hydrogen-bond donors (Lipinski definition) is 1. The van der Waals surface area contributed by atoms with Crippen LogP contribution in [0.2, 0.25) is 0 Å². The molecule has 0 saturated heterocycles. The van der Waals surface area contributed by atoms with Crippen molar-refractivity contribution >= 4 is 24.0 Å². The molecule has 10 heavy (non-hydrogen) atoms. The second-order valence-electron chi connectivity index (χ2n) is 2.58. The number of halogens is 1. The minimum Gasteiger partial charge on any atom is -0.322 e. The molecule has 0 fully saturated rings. The van der Waals surface area contributed by atoms with Gasteiger partial charge >= 0.3 is 0 Å². The van der Waals surface area contributed by atoms with Crippen LogP contribution < -0.4 is 5.73 Å². The molecule has 0 aliphatic heterocycles. The third kappa shape index (κ3) is 2.42. The quantitative estimate of drug-likeness (QED) is 0.710. The largest absolute Gasteiger partial charge is 0.322 e. The molecule has 1 unspecified atom stereocenters. The van der Waals surface area contributed by atoms with Gasteiger partial charge in [0.25, 0.3) is 0 Å². The number of hydrogen-bond acceptors (Lipinski definition) is 1. The van der Waals surface area contributed by atoms with Crippen LogP contribution in [0.4, 0.5) is 0 Å². The minimum atomic E-state index is -0.0469. The summed E-state index contributed by atoms with van der Waals surface area (Å²) in [6.45, 7) is 2.11. The molecule has 0 radical (unpaired) electrons. The van der Waals surface area contributed by atoms with Crippen molar-refractivity contribution in [2.75, 3.05) is 0 Å². The van der Waals surface area contributed by atoms with E-state index >= 15 is 0 Å². The van der Waals surface area contributed by atoms with Crippen molar-refractivity contribution in [3.05, 3.63) is 24.3 Å². The molecule has 0 saturated carbocycles. The van der Waals surface area contributed by atoms with Gasteiger partial charge in [-0.25, -0.2) is 0 Å². The van der Waals surface area contributed by atoms with Crippen LogP contribution in [0, 0.1) is 0 Å². The Balaban J connectivity index is 0.000000810. The van der Waals surface area contributed by atoms with Crippen molar-refractivity contribution in [1.29, 1.82) is 0 Å². The van der Waals surface area contributed by atoms with Crippen LogP contribution in [0.1, 0.15) is 19.8 Å². The third-order valence-electron chi connectivity index (χ3n) is 1.83. The van der Waals surface area contributed by atoms with Crippen molar-refractivity contribution in [3.63, 3.8) is 0 Å². The maximum absolute atomic E-state index is 5.92. The van der Waals surface area contributed by atoms with Crippen LogP contribution in [0.3, 0.4) is 0 Å². The first-order valence-corrected chi connectivity index (χ1v) is 3.40. The fourth-order valence-electron chi connectivity index (χ4n) is 0.943. The Morgan fingerprint density at radius 2 is 2.20 bits per heavy atom. The zero-order valence-electron chi connectivity index (χ0n) is 6.21. The van der Waals surface area contributed by atoms with Crippen molar-refractivity contribution in [1.82, 2.24) is 0 Å². The lowest BCUT2D eigenvalue weighted by Crippen LogP contribution is -2.36. The number of allylic oxidation sites excluding steroid dienone is 2. The molecule has 0 amide bonds. The van der Waals surface area contributed by atoms with Crippen molar-refractivity contribution < 1.29 is 0 Å². The maximum atomic E-state index is 5.92. The van der Waals surface area contributed by atoms with Crippen molar-refractivity contribution in [2.45, 2.75) is 25.3 Å².